The van der Waals surface area contributed by atoms with Gasteiger partial charge in [-0.2, -0.15) is 13.2 Å². The first-order chi connectivity index (χ1) is 8.97. The molecule has 1 unspecified atom stereocenters. The standard InChI is InChI=1S/C14H11ClF3N/c15-13(10-4-2-1-3-5-10)8-12-7-6-11(9-19-12)14(16,17)18/h1-7,9,13H,8H2. The highest BCUT2D eigenvalue weighted by molar-refractivity contribution is 6.20. The van der Waals surface area contributed by atoms with Crippen LogP contribution in [0.5, 0.6) is 0 Å². The minimum atomic E-state index is -4.36. The average Bonchev–Trinajstić information content (AvgIpc) is 2.39. The van der Waals surface area contributed by atoms with Gasteiger partial charge in [-0.05, 0) is 17.7 Å². The fraction of sp³-hybridized carbons (Fsp3) is 0.214. The lowest BCUT2D eigenvalue weighted by molar-refractivity contribution is -0.137. The topological polar surface area (TPSA) is 12.9 Å². The first-order valence-corrected chi connectivity index (χ1v) is 6.11. The van der Waals surface area contributed by atoms with Crippen molar-refractivity contribution in [3.05, 3.63) is 65.5 Å². The van der Waals surface area contributed by atoms with E-state index < -0.39 is 11.7 Å². The summed E-state index contributed by atoms with van der Waals surface area (Å²) >= 11 is 6.21. The molecule has 2 aromatic rings. The number of nitrogens with zero attached hydrogens (tertiary/aromatic N) is 1. The summed E-state index contributed by atoms with van der Waals surface area (Å²) in [6, 6.07) is 11.8. The third-order valence-corrected chi connectivity index (χ3v) is 3.11. The first kappa shape index (κ1) is 13.9. The normalized spacial score (nSPS) is 13.3. The Hall–Kier alpha value is -1.55. The van der Waals surface area contributed by atoms with E-state index in [4.69, 9.17) is 11.6 Å². The molecule has 1 aromatic heterocycles. The van der Waals surface area contributed by atoms with Crippen LogP contribution in [0.3, 0.4) is 0 Å². The number of rotatable bonds is 3. The lowest BCUT2D eigenvalue weighted by Gasteiger charge is -2.10. The van der Waals surface area contributed by atoms with E-state index in [0.29, 0.717) is 12.1 Å². The smallest absolute Gasteiger partial charge is 0.261 e. The van der Waals surface area contributed by atoms with Crippen molar-refractivity contribution in [2.75, 3.05) is 0 Å². The van der Waals surface area contributed by atoms with Crippen molar-refractivity contribution in [1.82, 2.24) is 4.98 Å². The Morgan fingerprint density at radius 1 is 1.05 bits per heavy atom. The minimum Gasteiger partial charge on any atom is -0.261 e. The van der Waals surface area contributed by atoms with E-state index in [2.05, 4.69) is 4.98 Å². The molecular formula is C14H11ClF3N. The van der Waals surface area contributed by atoms with Crippen LogP contribution in [-0.4, -0.2) is 4.98 Å². The maximum Gasteiger partial charge on any atom is 0.417 e. The third kappa shape index (κ3) is 3.70. The second-order valence-electron chi connectivity index (χ2n) is 4.12. The Balaban J connectivity index is 2.08. The van der Waals surface area contributed by atoms with Crippen LogP contribution >= 0.6 is 11.6 Å². The van der Waals surface area contributed by atoms with Crippen molar-refractivity contribution >= 4 is 11.6 Å². The van der Waals surface area contributed by atoms with Crippen LogP contribution in [-0.2, 0) is 12.6 Å². The van der Waals surface area contributed by atoms with Gasteiger partial charge in [0.1, 0.15) is 0 Å². The summed E-state index contributed by atoms with van der Waals surface area (Å²) in [6.45, 7) is 0. The molecule has 1 aromatic carbocycles. The first-order valence-electron chi connectivity index (χ1n) is 5.68. The van der Waals surface area contributed by atoms with Crippen LogP contribution in [0, 0.1) is 0 Å². The second kappa shape index (κ2) is 5.61. The Morgan fingerprint density at radius 3 is 2.26 bits per heavy atom. The molecule has 100 valence electrons. The predicted octanol–water partition coefficient (Wildman–Crippen LogP) is 4.62. The highest BCUT2D eigenvalue weighted by atomic mass is 35.5. The molecule has 1 nitrogen and oxygen atoms in total. The van der Waals surface area contributed by atoms with Gasteiger partial charge in [0.15, 0.2) is 0 Å². The zero-order chi connectivity index (χ0) is 13.9. The summed E-state index contributed by atoms with van der Waals surface area (Å²) in [5, 5.41) is -0.301. The number of benzene rings is 1. The molecule has 0 N–H and O–H groups in total. The van der Waals surface area contributed by atoms with E-state index in [1.165, 1.54) is 6.07 Å². The summed E-state index contributed by atoms with van der Waals surface area (Å²) in [6.07, 6.45) is -3.13. The zero-order valence-corrected chi connectivity index (χ0v) is 10.6. The molecular weight excluding hydrogens is 275 g/mol. The summed E-state index contributed by atoms with van der Waals surface area (Å²) in [5.74, 6) is 0. The van der Waals surface area contributed by atoms with Crippen molar-refractivity contribution in [2.24, 2.45) is 0 Å². The largest absolute Gasteiger partial charge is 0.417 e. The molecule has 0 radical (unpaired) electrons. The van der Waals surface area contributed by atoms with E-state index >= 15 is 0 Å². The van der Waals surface area contributed by atoms with Gasteiger partial charge in [-0.15, -0.1) is 11.6 Å². The number of hydrogen-bond donors (Lipinski definition) is 0. The van der Waals surface area contributed by atoms with E-state index in [1.54, 1.807) is 0 Å². The molecule has 0 bridgehead atoms. The van der Waals surface area contributed by atoms with Gasteiger partial charge in [-0.1, -0.05) is 30.3 Å². The van der Waals surface area contributed by atoms with Gasteiger partial charge in [-0.3, -0.25) is 4.98 Å². The molecule has 0 aliphatic carbocycles. The molecule has 19 heavy (non-hydrogen) atoms. The summed E-state index contributed by atoms with van der Waals surface area (Å²) in [7, 11) is 0. The number of alkyl halides is 4. The highest BCUT2D eigenvalue weighted by Gasteiger charge is 2.30. The molecule has 0 saturated carbocycles. The van der Waals surface area contributed by atoms with Gasteiger partial charge in [0.05, 0.1) is 10.9 Å². The summed E-state index contributed by atoms with van der Waals surface area (Å²) in [5.41, 5.74) is 0.713. The summed E-state index contributed by atoms with van der Waals surface area (Å²) < 4.78 is 37.1. The molecule has 1 atom stereocenters. The van der Waals surface area contributed by atoms with Crippen LogP contribution in [0.2, 0.25) is 0 Å². The average molecular weight is 286 g/mol. The van der Waals surface area contributed by atoms with Crippen molar-refractivity contribution in [1.29, 1.82) is 0 Å². The van der Waals surface area contributed by atoms with Gasteiger partial charge in [0.25, 0.3) is 0 Å². The van der Waals surface area contributed by atoms with E-state index in [-0.39, 0.29) is 5.38 Å². The molecule has 0 amide bonds. The molecule has 1 heterocycles. The molecule has 5 heteroatoms. The van der Waals surface area contributed by atoms with E-state index in [9.17, 15) is 13.2 Å². The van der Waals surface area contributed by atoms with Gasteiger partial charge in [0.2, 0.25) is 0 Å². The minimum absolute atomic E-state index is 0.301. The SMILES string of the molecule is FC(F)(F)c1ccc(CC(Cl)c2ccccc2)nc1. The predicted molar refractivity (Wildman–Crippen MR) is 68.0 cm³/mol. The van der Waals surface area contributed by atoms with E-state index in [0.717, 1.165) is 17.8 Å². The van der Waals surface area contributed by atoms with Gasteiger partial charge >= 0.3 is 6.18 Å². The van der Waals surface area contributed by atoms with Gasteiger partial charge in [-0.25, -0.2) is 0 Å². The number of hydrogen-bond acceptors (Lipinski definition) is 1. The van der Waals surface area contributed by atoms with Gasteiger partial charge < -0.3 is 0 Å². The van der Waals surface area contributed by atoms with Gasteiger partial charge in [0, 0.05) is 18.3 Å². The van der Waals surface area contributed by atoms with Crippen LogP contribution in [0.25, 0.3) is 0 Å². The van der Waals surface area contributed by atoms with Crippen molar-refractivity contribution in [3.63, 3.8) is 0 Å². The van der Waals surface area contributed by atoms with Crippen molar-refractivity contribution < 1.29 is 13.2 Å². The molecule has 0 spiro atoms. The van der Waals surface area contributed by atoms with Crippen LogP contribution < -0.4 is 0 Å². The lowest BCUT2D eigenvalue weighted by Crippen LogP contribution is -2.06. The lowest BCUT2D eigenvalue weighted by atomic mass is 10.1. The van der Waals surface area contributed by atoms with Crippen LogP contribution in [0.4, 0.5) is 13.2 Å². The molecule has 0 aliphatic rings. The molecule has 0 saturated heterocycles. The highest BCUT2D eigenvalue weighted by Crippen LogP contribution is 2.29. The number of aromatic nitrogens is 1. The second-order valence-corrected chi connectivity index (χ2v) is 4.65. The number of halogens is 4. The molecule has 0 fully saturated rings. The van der Waals surface area contributed by atoms with Crippen LogP contribution in [0.1, 0.15) is 22.2 Å². The van der Waals surface area contributed by atoms with Crippen molar-refractivity contribution in [2.45, 2.75) is 18.0 Å². The fourth-order valence-electron chi connectivity index (χ4n) is 1.68. The quantitative estimate of drug-likeness (QED) is 0.750. The monoisotopic (exact) mass is 285 g/mol. The van der Waals surface area contributed by atoms with Crippen molar-refractivity contribution in [3.8, 4) is 0 Å². The Kier molecular flexibility index (Phi) is 4.10. The van der Waals surface area contributed by atoms with Crippen LogP contribution in [0.15, 0.2) is 48.7 Å². The summed E-state index contributed by atoms with van der Waals surface area (Å²) in [4.78, 5) is 3.81. The maximum absolute atomic E-state index is 12.4. The Bertz CT molecular complexity index is 523. The molecule has 2 rings (SSSR count). The fourth-order valence-corrected chi connectivity index (χ4v) is 1.98. The third-order valence-electron chi connectivity index (χ3n) is 2.70. The molecule has 0 aliphatic heterocycles. The zero-order valence-electron chi connectivity index (χ0n) is 9.86. The Morgan fingerprint density at radius 2 is 1.74 bits per heavy atom. The maximum atomic E-state index is 12.4. The Labute approximate surface area is 114 Å². The van der Waals surface area contributed by atoms with E-state index in [1.807, 2.05) is 30.3 Å². The number of pyridine rings is 1.